The zero-order valence-corrected chi connectivity index (χ0v) is 12.5. The monoisotopic (exact) mass is 345 g/mol. The quantitative estimate of drug-likeness (QED) is 0.778. The molecule has 25 heavy (non-hydrogen) atoms. The van der Waals surface area contributed by atoms with Crippen molar-refractivity contribution in [3.8, 4) is 22.5 Å². The van der Waals surface area contributed by atoms with Gasteiger partial charge in [-0.3, -0.25) is 9.97 Å². The number of hydrogen-bond acceptors (Lipinski definition) is 4. The Morgan fingerprint density at radius 2 is 1.76 bits per heavy atom. The van der Waals surface area contributed by atoms with Crippen LogP contribution in [-0.4, -0.2) is 26.0 Å². The lowest BCUT2D eigenvalue weighted by Gasteiger charge is -2.12. The first-order valence-corrected chi connectivity index (χ1v) is 7.04. The number of hydrogen-bond donors (Lipinski definition) is 1. The first-order chi connectivity index (χ1) is 11.9. The molecule has 0 amide bonds. The molecule has 0 aliphatic rings. The summed E-state index contributed by atoms with van der Waals surface area (Å²) >= 11 is 0. The van der Waals surface area contributed by atoms with Gasteiger partial charge in [-0.1, -0.05) is 0 Å². The van der Waals surface area contributed by atoms with Gasteiger partial charge in [0.25, 0.3) is 0 Å². The third kappa shape index (κ3) is 3.47. The molecule has 0 atom stereocenters. The van der Waals surface area contributed by atoms with Gasteiger partial charge in [-0.05, 0) is 36.4 Å². The molecule has 3 aromatic rings. The van der Waals surface area contributed by atoms with Crippen LogP contribution in [0, 0.1) is 0 Å². The lowest BCUT2D eigenvalue weighted by Crippen LogP contribution is -2.10. The Morgan fingerprint density at radius 1 is 1.04 bits per heavy atom. The zero-order chi connectivity index (χ0) is 18.0. The average molecular weight is 345 g/mol. The molecular weight excluding hydrogens is 335 g/mol. The molecule has 0 bridgehead atoms. The van der Waals surface area contributed by atoms with E-state index < -0.39 is 17.8 Å². The highest BCUT2D eigenvalue weighted by Crippen LogP contribution is 2.35. The summed E-state index contributed by atoms with van der Waals surface area (Å²) in [6.45, 7) is 0. The summed E-state index contributed by atoms with van der Waals surface area (Å²) in [5, 5.41) is 9.28. The summed E-state index contributed by atoms with van der Waals surface area (Å²) in [4.78, 5) is 22.8. The van der Waals surface area contributed by atoms with E-state index in [4.69, 9.17) is 0 Å². The van der Waals surface area contributed by atoms with Gasteiger partial charge >= 0.3 is 12.1 Å². The highest BCUT2D eigenvalue weighted by molar-refractivity contribution is 5.90. The fourth-order valence-electron chi connectivity index (χ4n) is 2.29. The molecule has 0 saturated carbocycles. The maximum Gasteiger partial charge on any atom is 0.434 e. The maximum atomic E-state index is 13.2. The largest absolute Gasteiger partial charge is 0.478 e. The highest BCUT2D eigenvalue weighted by Gasteiger charge is 2.36. The van der Waals surface area contributed by atoms with Crippen molar-refractivity contribution < 1.29 is 23.1 Å². The van der Waals surface area contributed by atoms with Gasteiger partial charge in [0.2, 0.25) is 0 Å². The van der Waals surface area contributed by atoms with Crippen molar-refractivity contribution in [2.75, 3.05) is 0 Å². The van der Waals surface area contributed by atoms with Crippen LogP contribution in [0.3, 0.4) is 0 Å². The summed E-state index contributed by atoms with van der Waals surface area (Å²) in [5.41, 5.74) is -1.02. The number of alkyl halides is 3. The van der Waals surface area contributed by atoms with E-state index in [0.29, 0.717) is 5.56 Å². The van der Waals surface area contributed by atoms with Crippen molar-refractivity contribution >= 4 is 5.97 Å². The normalized spacial score (nSPS) is 11.3. The van der Waals surface area contributed by atoms with E-state index in [1.807, 2.05) is 0 Å². The minimum atomic E-state index is -4.69. The van der Waals surface area contributed by atoms with Crippen LogP contribution in [0.4, 0.5) is 13.2 Å². The molecule has 0 fully saturated rings. The predicted octanol–water partition coefficient (Wildman–Crippen LogP) is 3.92. The van der Waals surface area contributed by atoms with Crippen LogP contribution < -0.4 is 0 Å². The summed E-state index contributed by atoms with van der Waals surface area (Å²) in [6.07, 6.45) is -0.693. The molecule has 0 aliphatic carbocycles. The van der Waals surface area contributed by atoms with Crippen LogP contribution in [0.5, 0.6) is 0 Å². The van der Waals surface area contributed by atoms with Gasteiger partial charge in [-0.15, -0.1) is 0 Å². The second-order valence-electron chi connectivity index (χ2n) is 5.07. The smallest absolute Gasteiger partial charge is 0.434 e. The predicted molar refractivity (Wildman–Crippen MR) is 82.7 cm³/mol. The van der Waals surface area contributed by atoms with Gasteiger partial charge < -0.3 is 5.11 Å². The molecule has 3 aromatic heterocycles. The third-order valence-corrected chi connectivity index (χ3v) is 3.38. The summed E-state index contributed by atoms with van der Waals surface area (Å²) < 4.78 is 39.6. The van der Waals surface area contributed by atoms with E-state index in [1.54, 1.807) is 12.1 Å². The third-order valence-electron chi connectivity index (χ3n) is 3.38. The SMILES string of the molecule is O=C(O)c1cc(-c2cccnc2)nc(-c2cccnc2C(F)(F)F)c1. The number of aromatic nitrogens is 3. The lowest BCUT2D eigenvalue weighted by molar-refractivity contribution is -0.140. The van der Waals surface area contributed by atoms with Crippen molar-refractivity contribution in [3.63, 3.8) is 0 Å². The molecule has 0 aromatic carbocycles. The first kappa shape index (κ1) is 16.6. The second-order valence-corrected chi connectivity index (χ2v) is 5.07. The van der Waals surface area contributed by atoms with E-state index in [-0.39, 0.29) is 22.5 Å². The van der Waals surface area contributed by atoms with Gasteiger partial charge in [0, 0.05) is 29.7 Å². The van der Waals surface area contributed by atoms with Crippen LogP contribution in [0.25, 0.3) is 22.5 Å². The van der Waals surface area contributed by atoms with Crippen molar-refractivity contribution in [2.45, 2.75) is 6.18 Å². The Morgan fingerprint density at radius 3 is 2.40 bits per heavy atom. The minimum Gasteiger partial charge on any atom is -0.478 e. The van der Waals surface area contributed by atoms with Crippen molar-refractivity contribution in [3.05, 3.63) is 66.2 Å². The molecular formula is C17H10F3N3O2. The molecule has 5 nitrogen and oxygen atoms in total. The van der Waals surface area contributed by atoms with E-state index in [1.165, 1.54) is 30.6 Å². The topological polar surface area (TPSA) is 76.0 Å². The molecule has 3 rings (SSSR count). The van der Waals surface area contributed by atoms with Gasteiger partial charge in [0.15, 0.2) is 5.69 Å². The first-order valence-electron chi connectivity index (χ1n) is 7.04. The lowest BCUT2D eigenvalue weighted by atomic mass is 10.0. The number of halogens is 3. The average Bonchev–Trinajstić information content (AvgIpc) is 2.61. The van der Waals surface area contributed by atoms with Crippen molar-refractivity contribution in [2.24, 2.45) is 0 Å². The Bertz CT molecular complexity index is 928. The molecule has 126 valence electrons. The zero-order valence-electron chi connectivity index (χ0n) is 12.5. The van der Waals surface area contributed by atoms with Crippen LogP contribution >= 0.6 is 0 Å². The fourth-order valence-corrected chi connectivity index (χ4v) is 2.29. The minimum absolute atomic E-state index is 0.126. The highest BCUT2D eigenvalue weighted by atomic mass is 19.4. The van der Waals surface area contributed by atoms with E-state index in [9.17, 15) is 23.1 Å². The number of rotatable bonds is 3. The molecule has 1 N–H and O–H groups in total. The van der Waals surface area contributed by atoms with Crippen LogP contribution in [0.2, 0.25) is 0 Å². The van der Waals surface area contributed by atoms with Crippen molar-refractivity contribution in [1.29, 1.82) is 0 Å². The molecule has 0 saturated heterocycles. The Balaban J connectivity index is 2.24. The number of carboxylic acids is 1. The van der Waals surface area contributed by atoms with Crippen LogP contribution in [0.15, 0.2) is 55.0 Å². The number of carbonyl (C=O) groups is 1. The van der Waals surface area contributed by atoms with Gasteiger partial charge in [0.05, 0.1) is 17.0 Å². The summed E-state index contributed by atoms with van der Waals surface area (Å²) in [6, 6.07) is 8.18. The molecule has 0 unspecified atom stereocenters. The van der Waals surface area contributed by atoms with Gasteiger partial charge in [-0.2, -0.15) is 13.2 Å². The van der Waals surface area contributed by atoms with Gasteiger partial charge in [0.1, 0.15) is 0 Å². The standard InChI is InChI=1S/C17H10F3N3O2/c18-17(19,20)15-12(4-2-6-22-15)14-8-11(16(24)25)7-13(23-14)10-3-1-5-21-9-10/h1-9H,(H,24,25). The molecule has 0 radical (unpaired) electrons. The molecule has 8 heteroatoms. The second kappa shape index (κ2) is 6.31. The molecule has 0 spiro atoms. The molecule has 3 heterocycles. The number of aromatic carboxylic acids is 1. The number of carboxylic acid groups (broad SMARTS) is 1. The Hall–Kier alpha value is -3.29. The summed E-state index contributed by atoms with van der Waals surface area (Å²) in [5.74, 6) is -1.27. The number of pyridine rings is 3. The van der Waals surface area contributed by atoms with Gasteiger partial charge in [-0.25, -0.2) is 9.78 Å². The number of nitrogens with zero attached hydrogens (tertiary/aromatic N) is 3. The van der Waals surface area contributed by atoms with Crippen LogP contribution in [-0.2, 0) is 6.18 Å². The Labute approximate surface area is 139 Å². The van der Waals surface area contributed by atoms with Crippen LogP contribution in [0.1, 0.15) is 16.1 Å². The van der Waals surface area contributed by atoms with E-state index >= 15 is 0 Å². The maximum absolute atomic E-state index is 13.2. The van der Waals surface area contributed by atoms with E-state index in [0.717, 1.165) is 12.3 Å². The van der Waals surface area contributed by atoms with E-state index in [2.05, 4.69) is 15.0 Å². The molecule has 0 aliphatic heterocycles. The fraction of sp³-hybridized carbons (Fsp3) is 0.0588. The van der Waals surface area contributed by atoms with Crippen molar-refractivity contribution in [1.82, 2.24) is 15.0 Å². The summed E-state index contributed by atoms with van der Waals surface area (Å²) in [7, 11) is 0. The Kier molecular flexibility index (Phi) is 4.18.